The largest absolute Gasteiger partial charge is 0.496 e. The molecule has 0 saturated carbocycles. The van der Waals surface area contributed by atoms with Crippen molar-refractivity contribution in [3.05, 3.63) is 29.3 Å². The molecule has 18 heavy (non-hydrogen) atoms. The van der Waals surface area contributed by atoms with Crippen LogP contribution in [0.25, 0.3) is 0 Å². The zero-order chi connectivity index (χ0) is 13.5. The van der Waals surface area contributed by atoms with E-state index in [0.717, 1.165) is 16.9 Å². The van der Waals surface area contributed by atoms with Crippen LogP contribution in [0.4, 0.5) is 0 Å². The van der Waals surface area contributed by atoms with Gasteiger partial charge in [0.15, 0.2) is 0 Å². The Morgan fingerprint density at radius 3 is 2.83 bits per heavy atom. The number of benzene rings is 1. The van der Waals surface area contributed by atoms with E-state index in [-0.39, 0.29) is 18.6 Å². The minimum atomic E-state index is -0.106. The number of methoxy groups -OCH3 is 1. The van der Waals surface area contributed by atoms with E-state index in [1.807, 2.05) is 32.0 Å². The number of ether oxygens (including phenoxy) is 1. The lowest BCUT2D eigenvalue weighted by Crippen LogP contribution is -2.26. The summed E-state index contributed by atoms with van der Waals surface area (Å²) >= 11 is 0. The number of aliphatic hydroxyl groups is 1. The molecule has 0 aliphatic carbocycles. The van der Waals surface area contributed by atoms with E-state index in [2.05, 4.69) is 5.32 Å². The molecule has 100 valence electrons. The Labute approximate surface area is 108 Å². The first-order valence-electron chi connectivity index (χ1n) is 6.13. The van der Waals surface area contributed by atoms with Crippen LogP contribution in [0.15, 0.2) is 18.2 Å². The molecule has 0 aliphatic heterocycles. The van der Waals surface area contributed by atoms with Crippen molar-refractivity contribution in [1.29, 1.82) is 0 Å². The van der Waals surface area contributed by atoms with Crippen LogP contribution in [0, 0.1) is 6.92 Å². The molecule has 0 radical (unpaired) electrons. The van der Waals surface area contributed by atoms with Gasteiger partial charge in [0.25, 0.3) is 0 Å². The van der Waals surface area contributed by atoms with Gasteiger partial charge in [0.2, 0.25) is 5.91 Å². The SMILES string of the molecule is COc1ccc(C)cc1C(C)NC(=O)CCCO. The van der Waals surface area contributed by atoms with Crippen molar-refractivity contribution >= 4 is 5.91 Å². The molecular formula is C14H21NO3. The predicted octanol–water partition coefficient (Wildman–Crippen LogP) is 1.95. The number of hydrogen-bond donors (Lipinski definition) is 2. The van der Waals surface area contributed by atoms with Gasteiger partial charge in [-0.1, -0.05) is 17.7 Å². The van der Waals surface area contributed by atoms with Crippen molar-refractivity contribution in [3.63, 3.8) is 0 Å². The van der Waals surface area contributed by atoms with Gasteiger partial charge in [0.05, 0.1) is 13.2 Å². The highest BCUT2D eigenvalue weighted by Crippen LogP contribution is 2.26. The maximum absolute atomic E-state index is 11.6. The van der Waals surface area contributed by atoms with Crippen LogP contribution < -0.4 is 10.1 Å². The Morgan fingerprint density at radius 1 is 1.50 bits per heavy atom. The zero-order valence-electron chi connectivity index (χ0n) is 11.2. The molecule has 1 atom stereocenters. The maximum Gasteiger partial charge on any atom is 0.220 e. The molecule has 1 unspecified atom stereocenters. The fourth-order valence-corrected chi connectivity index (χ4v) is 1.82. The van der Waals surface area contributed by atoms with Gasteiger partial charge < -0.3 is 15.2 Å². The third-order valence-corrected chi connectivity index (χ3v) is 2.79. The summed E-state index contributed by atoms with van der Waals surface area (Å²) in [6, 6.07) is 5.78. The fraction of sp³-hybridized carbons (Fsp3) is 0.500. The van der Waals surface area contributed by atoms with Gasteiger partial charge in [-0.15, -0.1) is 0 Å². The third kappa shape index (κ3) is 4.04. The van der Waals surface area contributed by atoms with E-state index < -0.39 is 0 Å². The Kier molecular flexibility index (Phi) is 5.65. The first-order valence-corrected chi connectivity index (χ1v) is 6.13. The average molecular weight is 251 g/mol. The number of hydrogen-bond acceptors (Lipinski definition) is 3. The van der Waals surface area contributed by atoms with Crippen LogP contribution in [-0.4, -0.2) is 24.7 Å². The van der Waals surface area contributed by atoms with Crippen molar-refractivity contribution in [1.82, 2.24) is 5.32 Å². The smallest absolute Gasteiger partial charge is 0.220 e. The van der Waals surface area contributed by atoms with Crippen LogP contribution in [0.1, 0.15) is 36.9 Å². The van der Waals surface area contributed by atoms with Crippen LogP contribution >= 0.6 is 0 Å². The fourth-order valence-electron chi connectivity index (χ4n) is 1.82. The number of nitrogens with one attached hydrogen (secondary N) is 1. The lowest BCUT2D eigenvalue weighted by atomic mass is 10.0. The molecule has 0 saturated heterocycles. The second kappa shape index (κ2) is 7.01. The molecular weight excluding hydrogens is 230 g/mol. The van der Waals surface area contributed by atoms with Gasteiger partial charge in [-0.2, -0.15) is 0 Å². The third-order valence-electron chi connectivity index (χ3n) is 2.79. The summed E-state index contributed by atoms with van der Waals surface area (Å²) < 4.78 is 5.29. The predicted molar refractivity (Wildman–Crippen MR) is 70.6 cm³/mol. The molecule has 0 aliphatic rings. The molecule has 2 N–H and O–H groups in total. The summed E-state index contributed by atoms with van der Waals surface area (Å²) in [5.41, 5.74) is 2.09. The van der Waals surface area contributed by atoms with E-state index >= 15 is 0 Å². The van der Waals surface area contributed by atoms with Crippen molar-refractivity contribution in [3.8, 4) is 5.75 Å². The summed E-state index contributed by atoms with van der Waals surface area (Å²) in [6.07, 6.45) is 0.832. The standard InChI is InChI=1S/C14H21NO3/c1-10-6-7-13(18-3)12(9-10)11(2)15-14(17)5-4-8-16/h6-7,9,11,16H,4-5,8H2,1-3H3,(H,15,17). The van der Waals surface area contributed by atoms with E-state index in [0.29, 0.717) is 12.8 Å². The van der Waals surface area contributed by atoms with E-state index in [9.17, 15) is 4.79 Å². The van der Waals surface area contributed by atoms with E-state index in [1.54, 1.807) is 7.11 Å². The van der Waals surface area contributed by atoms with Crippen LogP contribution in [0.5, 0.6) is 5.75 Å². The number of carbonyl (C=O) groups is 1. The summed E-state index contributed by atoms with van der Waals surface area (Å²) in [6.45, 7) is 3.97. The highest BCUT2D eigenvalue weighted by atomic mass is 16.5. The van der Waals surface area contributed by atoms with Crippen LogP contribution in [0.2, 0.25) is 0 Å². The highest BCUT2D eigenvalue weighted by molar-refractivity contribution is 5.76. The summed E-state index contributed by atoms with van der Waals surface area (Å²) in [5, 5.41) is 11.6. The van der Waals surface area contributed by atoms with Crippen LogP contribution in [0.3, 0.4) is 0 Å². The van der Waals surface area contributed by atoms with Crippen LogP contribution in [-0.2, 0) is 4.79 Å². The van der Waals surface area contributed by atoms with E-state index in [4.69, 9.17) is 9.84 Å². The highest BCUT2D eigenvalue weighted by Gasteiger charge is 2.13. The number of carbonyl (C=O) groups excluding carboxylic acids is 1. The molecule has 0 bridgehead atoms. The molecule has 0 spiro atoms. The van der Waals surface area contributed by atoms with Gasteiger partial charge in [-0.05, 0) is 26.3 Å². The normalized spacial score (nSPS) is 12.0. The minimum Gasteiger partial charge on any atom is -0.496 e. The minimum absolute atomic E-state index is 0.0373. The molecule has 4 heteroatoms. The molecule has 0 fully saturated rings. The van der Waals surface area contributed by atoms with Gasteiger partial charge >= 0.3 is 0 Å². The van der Waals surface area contributed by atoms with Gasteiger partial charge in [-0.3, -0.25) is 4.79 Å². The monoisotopic (exact) mass is 251 g/mol. The van der Waals surface area contributed by atoms with Crippen molar-refractivity contribution in [2.45, 2.75) is 32.7 Å². The Balaban J connectivity index is 2.73. The first-order chi connectivity index (χ1) is 8.58. The van der Waals surface area contributed by atoms with Gasteiger partial charge in [0.1, 0.15) is 5.75 Å². The van der Waals surface area contributed by atoms with Gasteiger partial charge in [0, 0.05) is 18.6 Å². The maximum atomic E-state index is 11.6. The van der Waals surface area contributed by atoms with Crippen molar-refractivity contribution in [2.24, 2.45) is 0 Å². The Hall–Kier alpha value is -1.55. The lowest BCUT2D eigenvalue weighted by molar-refractivity contribution is -0.122. The lowest BCUT2D eigenvalue weighted by Gasteiger charge is -2.18. The molecule has 1 aromatic rings. The molecule has 0 heterocycles. The second-order valence-electron chi connectivity index (χ2n) is 4.36. The zero-order valence-corrected chi connectivity index (χ0v) is 11.2. The average Bonchev–Trinajstić information content (AvgIpc) is 2.36. The first kappa shape index (κ1) is 14.5. The summed E-state index contributed by atoms with van der Waals surface area (Å²) in [5.74, 6) is 0.718. The van der Waals surface area contributed by atoms with Crippen molar-refractivity contribution in [2.75, 3.05) is 13.7 Å². The molecule has 1 aromatic carbocycles. The van der Waals surface area contributed by atoms with Gasteiger partial charge in [-0.25, -0.2) is 0 Å². The number of aliphatic hydroxyl groups excluding tert-OH is 1. The molecule has 1 amide bonds. The second-order valence-corrected chi connectivity index (χ2v) is 4.36. The molecule has 4 nitrogen and oxygen atoms in total. The van der Waals surface area contributed by atoms with Crippen molar-refractivity contribution < 1.29 is 14.6 Å². The van der Waals surface area contributed by atoms with E-state index in [1.165, 1.54) is 0 Å². The number of aryl methyl sites for hydroxylation is 1. The summed E-state index contributed by atoms with van der Waals surface area (Å²) in [7, 11) is 1.62. The summed E-state index contributed by atoms with van der Waals surface area (Å²) in [4.78, 5) is 11.6. The molecule has 0 aromatic heterocycles. The Morgan fingerprint density at radius 2 is 2.22 bits per heavy atom. The quantitative estimate of drug-likeness (QED) is 0.812. The molecule has 1 rings (SSSR count). The topological polar surface area (TPSA) is 58.6 Å². The number of rotatable bonds is 6. The number of amides is 1. The Bertz CT molecular complexity index is 404.